The van der Waals surface area contributed by atoms with Gasteiger partial charge in [0, 0.05) is 65.3 Å². The molecule has 1 atom stereocenters. The Balaban J connectivity index is 1.35. The van der Waals surface area contributed by atoms with Gasteiger partial charge in [-0.25, -0.2) is 0 Å². The number of carbonyl (C=O) groups excluding carboxylic acids is 1. The van der Waals surface area contributed by atoms with Crippen LogP contribution in [0.25, 0.3) is 10.9 Å². The summed E-state index contributed by atoms with van der Waals surface area (Å²) in [6.45, 7) is 5.18. The van der Waals surface area contributed by atoms with Gasteiger partial charge in [-0.3, -0.25) is 9.78 Å². The number of nitrogens with zero attached hydrogens (tertiary/aromatic N) is 5. The van der Waals surface area contributed by atoms with Gasteiger partial charge in [-0.05, 0) is 43.3 Å². The van der Waals surface area contributed by atoms with Gasteiger partial charge >= 0.3 is 0 Å². The third-order valence-electron chi connectivity index (χ3n) is 6.15. The number of anilines is 5. The molecule has 1 aliphatic heterocycles. The lowest BCUT2D eigenvalue weighted by Gasteiger charge is -2.27. The van der Waals surface area contributed by atoms with Crippen LogP contribution in [0.3, 0.4) is 0 Å². The van der Waals surface area contributed by atoms with Crippen molar-refractivity contribution in [2.75, 3.05) is 60.8 Å². The molecule has 39 heavy (non-hydrogen) atoms. The first kappa shape index (κ1) is 26.4. The Bertz CT molecular complexity index is 1460. The van der Waals surface area contributed by atoms with Gasteiger partial charge in [-0.1, -0.05) is 11.6 Å². The summed E-state index contributed by atoms with van der Waals surface area (Å²) >= 11 is 6.13. The van der Waals surface area contributed by atoms with Crippen molar-refractivity contribution in [2.24, 2.45) is 0 Å². The monoisotopic (exact) mass is 548 g/mol. The maximum Gasteiger partial charge on any atom is 0.233 e. The summed E-state index contributed by atoms with van der Waals surface area (Å²) in [6.07, 6.45) is 2.52. The Morgan fingerprint density at radius 1 is 1.10 bits per heavy atom. The highest BCUT2D eigenvalue weighted by atomic mass is 35.5. The van der Waals surface area contributed by atoms with Crippen LogP contribution in [-0.4, -0.2) is 72.2 Å². The van der Waals surface area contributed by atoms with Crippen molar-refractivity contribution in [1.29, 1.82) is 0 Å². The second-order valence-corrected chi connectivity index (χ2v) is 9.50. The van der Waals surface area contributed by atoms with Crippen LogP contribution in [0.4, 0.5) is 29.2 Å². The number of carbonyl (C=O) groups is 1. The minimum Gasteiger partial charge on any atom is -0.497 e. The quantitative estimate of drug-likeness (QED) is 0.244. The van der Waals surface area contributed by atoms with Gasteiger partial charge in [0.2, 0.25) is 17.8 Å². The standard InChI is InChI=1S/C27H29ClN8O3/c1-17(15-30-23-5-6-29-24-13-19(28)3-4-22(23)24)31-25-33-26(35-27(34-25)36-7-9-39-10-8-36)32-20-11-18(16-37)12-21(14-20)38-2/h3-6,11-14,16-17H,7-10,15H2,1-2H3,(H,29,30)(H2,31,32,33,34,35). The lowest BCUT2D eigenvalue weighted by molar-refractivity contribution is 0.112. The Hall–Kier alpha value is -4.22. The summed E-state index contributed by atoms with van der Waals surface area (Å²) in [5, 5.41) is 11.7. The lowest BCUT2D eigenvalue weighted by atomic mass is 10.2. The van der Waals surface area contributed by atoms with E-state index in [0.29, 0.717) is 72.7 Å². The van der Waals surface area contributed by atoms with Crippen LogP contribution in [0.1, 0.15) is 17.3 Å². The van der Waals surface area contributed by atoms with Crippen molar-refractivity contribution in [3.05, 3.63) is 59.2 Å². The number of benzene rings is 2. The fourth-order valence-corrected chi connectivity index (χ4v) is 4.38. The van der Waals surface area contributed by atoms with Gasteiger partial charge in [-0.15, -0.1) is 0 Å². The van der Waals surface area contributed by atoms with Gasteiger partial charge in [-0.2, -0.15) is 15.0 Å². The van der Waals surface area contributed by atoms with Crippen LogP contribution >= 0.6 is 11.6 Å². The molecular weight excluding hydrogens is 520 g/mol. The maximum atomic E-state index is 11.4. The number of fused-ring (bicyclic) bond motifs is 1. The topological polar surface area (TPSA) is 126 Å². The van der Waals surface area contributed by atoms with Crippen molar-refractivity contribution in [3.63, 3.8) is 0 Å². The average molecular weight is 549 g/mol. The fourth-order valence-electron chi connectivity index (χ4n) is 4.21. The highest BCUT2D eigenvalue weighted by Crippen LogP contribution is 2.26. The van der Waals surface area contributed by atoms with Crippen molar-refractivity contribution >= 4 is 58.0 Å². The van der Waals surface area contributed by atoms with Crippen LogP contribution in [0, 0.1) is 0 Å². The zero-order valence-electron chi connectivity index (χ0n) is 21.6. The molecule has 1 aliphatic rings. The summed E-state index contributed by atoms with van der Waals surface area (Å²) in [5.74, 6) is 1.85. The number of hydrogen-bond donors (Lipinski definition) is 3. The molecule has 0 saturated carbocycles. The van der Waals surface area contributed by atoms with Gasteiger partial charge in [0.1, 0.15) is 12.0 Å². The third kappa shape index (κ3) is 6.62. The molecule has 11 nitrogen and oxygen atoms in total. The third-order valence-corrected chi connectivity index (χ3v) is 6.39. The van der Waals surface area contributed by atoms with E-state index in [1.54, 1.807) is 31.5 Å². The summed E-state index contributed by atoms with van der Waals surface area (Å²) < 4.78 is 10.8. The van der Waals surface area contributed by atoms with E-state index in [0.717, 1.165) is 22.9 Å². The first-order valence-electron chi connectivity index (χ1n) is 12.6. The van der Waals surface area contributed by atoms with E-state index < -0.39 is 0 Å². The van der Waals surface area contributed by atoms with Crippen molar-refractivity contribution < 1.29 is 14.3 Å². The highest BCUT2D eigenvalue weighted by Gasteiger charge is 2.18. The Morgan fingerprint density at radius 2 is 1.92 bits per heavy atom. The number of halogens is 1. The molecule has 12 heteroatoms. The minimum atomic E-state index is -0.0354. The molecule has 1 fully saturated rings. The number of aromatic nitrogens is 4. The van der Waals surface area contributed by atoms with Gasteiger partial charge < -0.3 is 30.3 Å². The molecule has 0 bridgehead atoms. The smallest absolute Gasteiger partial charge is 0.233 e. The van der Waals surface area contributed by atoms with E-state index in [9.17, 15) is 4.79 Å². The van der Waals surface area contributed by atoms with E-state index >= 15 is 0 Å². The SMILES string of the molecule is COc1cc(C=O)cc(Nc2nc(NC(C)CNc3ccnc4cc(Cl)ccc34)nc(N3CCOCC3)n2)c1. The molecule has 0 radical (unpaired) electrons. The van der Waals surface area contributed by atoms with Crippen LogP contribution in [0.2, 0.25) is 5.02 Å². The number of aldehydes is 1. The van der Waals surface area contributed by atoms with Crippen molar-refractivity contribution in [1.82, 2.24) is 19.9 Å². The zero-order chi connectivity index (χ0) is 27.2. The van der Waals surface area contributed by atoms with Crippen LogP contribution in [0.15, 0.2) is 48.7 Å². The number of nitrogens with one attached hydrogen (secondary N) is 3. The Labute approximate surface area is 230 Å². The molecule has 1 saturated heterocycles. The molecule has 0 aliphatic carbocycles. The number of morpholine rings is 1. The van der Waals surface area contributed by atoms with E-state index in [2.05, 4.69) is 40.8 Å². The molecule has 3 N–H and O–H groups in total. The minimum absolute atomic E-state index is 0.0354. The second kappa shape index (κ2) is 12.1. The summed E-state index contributed by atoms with van der Waals surface area (Å²) in [6, 6.07) is 12.7. The summed E-state index contributed by atoms with van der Waals surface area (Å²) in [7, 11) is 1.55. The number of pyridine rings is 1. The van der Waals surface area contributed by atoms with E-state index in [-0.39, 0.29) is 6.04 Å². The molecule has 0 spiro atoms. The lowest BCUT2D eigenvalue weighted by Crippen LogP contribution is -2.37. The van der Waals surface area contributed by atoms with Crippen LogP contribution < -0.4 is 25.6 Å². The normalized spacial score (nSPS) is 14.1. The van der Waals surface area contributed by atoms with E-state index in [4.69, 9.17) is 21.1 Å². The van der Waals surface area contributed by atoms with E-state index in [1.807, 2.05) is 31.2 Å². The molecule has 202 valence electrons. The fraction of sp³-hybridized carbons (Fsp3) is 0.296. The summed E-state index contributed by atoms with van der Waals surface area (Å²) in [4.78, 5) is 31.8. The number of methoxy groups -OCH3 is 1. The molecule has 2 aromatic carbocycles. The van der Waals surface area contributed by atoms with Crippen molar-refractivity contribution in [3.8, 4) is 5.75 Å². The van der Waals surface area contributed by atoms with E-state index in [1.165, 1.54) is 0 Å². The zero-order valence-corrected chi connectivity index (χ0v) is 22.4. The predicted molar refractivity (Wildman–Crippen MR) is 153 cm³/mol. The molecule has 3 heterocycles. The first-order valence-corrected chi connectivity index (χ1v) is 12.9. The van der Waals surface area contributed by atoms with Crippen LogP contribution in [-0.2, 0) is 4.74 Å². The van der Waals surface area contributed by atoms with Gasteiger partial charge in [0.25, 0.3) is 0 Å². The molecule has 5 rings (SSSR count). The molecule has 0 amide bonds. The Morgan fingerprint density at radius 3 is 2.72 bits per heavy atom. The summed E-state index contributed by atoms with van der Waals surface area (Å²) in [5.41, 5.74) is 2.89. The van der Waals surface area contributed by atoms with Crippen molar-refractivity contribution in [2.45, 2.75) is 13.0 Å². The van der Waals surface area contributed by atoms with Crippen LogP contribution in [0.5, 0.6) is 5.75 Å². The molecular formula is C27H29ClN8O3. The van der Waals surface area contributed by atoms with Gasteiger partial charge in [0.15, 0.2) is 0 Å². The number of hydrogen-bond acceptors (Lipinski definition) is 11. The maximum absolute atomic E-state index is 11.4. The second-order valence-electron chi connectivity index (χ2n) is 9.07. The average Bonchev–Trinajstić information content (AvgIpc) is 2.96. The molecule has 2 aromatic heterocycles. The number of rotatable bonds is 10. The molecule has 1 unspecified atom stereocenters. The molecule has 4 aromatic rings. The first-order chi connectivity index (χ1) is 19.0. The predicted octanol–water partition coefficient (Wildman–Crippen LogP) is 4.39. The Kier molecular flexibility index (Phi) is 8.18. The van der Waals surface area contributed by atoms with Gasteiger partial charge in [0.05, 0.1) is 25.8 Å². The largest absolute Gasteiger partial charge is 0.497 e. The number of ether oxygens (including phenoxy) is 2. The highest BCUT2D eigenvalue weighted by molar-refractivity contribution is 6.31.